The number of ether oxygens (including phenoxy) is 1. The Hall–Kier alpha value is -1.84. The summed E-state index contributed by atoms with van der Waals surface area (Å²) in [5.41, 5.74) is 5.24. The number of H-pyrrole nitrogens is 1. The zero-order valence-corrected chi connectivity index (χ0v) is 9.96. The summed E-state index contributed by atoms with van der Waals surface area (Å²) in [7, 11) is 1.62. The van der Waals surface area contributed by atoms with Crippen molar-refractivity contribution >= 4 is 0 Å². The number of aromatic amines is 1. The molecule has 2 heterocycles. The van der Waals surface area contributed by atoms with Gasteiger partial charge < -0.3 is 4.74 Å². The normalized spacial score (nSPS) is 10.5. The first kappa shape index (κ1) is 10.7. The molecule has 2 aromatic rings. The number of nitrogens with one attached hydrogen (secondary N) is 1. The zero-order valence-electron chi connectivity index (χ0n) is 9.96. The molecule has 2 rings (SSSR count). The molecule has 0 spiro atoms. The lowest BCUT2D eigenvalue weighted by Crippen LogP contribution is -1.93. The van der Waals surface area contributed by atoms with Gasteiger partial charge in [-0.2, -0.15) is 5.10 Å². The lowest BCUT2D eigenvalue weighted by molar-refractivity contribution is 0.397. The number of rotatable bonds is 2. The summed E-state index contributed by atoms with van der Waals surface area (Å²) in [6.07, 6.45) is 0. The van der Waals surface area contributed by atoms with Crippen molar-refractivity contribution < 1.29 is 4.74 Å². The van der Waals surface area contributed by atoms with Gasteiger partial charge in [0.05, 0.1) is 12.8 Å². The Bertz CT molecular complexity index is 497. The maximum Gasteiger partial charge on any atom is 0.213 e. The van der Waals surface area contributed by atoms with Crippen molar-refractivity contribution in [2.75, 3.05) is 7.11 Å². The second-order valence-electron chi connectivity index (χ2n) is 3.80. The molecule has 4 heteroatoms. The van der Waals surface area contributed by atoms with Gasteiger partial charge in [-0.05, 0) is 26.8 Å². The Labute approximate surface area is 94.7 Å². The van der Waals surface area contributed by atoms with Crippen molar-refractivity contribution in [1.29, 1.82) is 0 Å². The number of aromatic nitrogens is 3. The van der Waals surface area contributed by atoms with Crippen LogP contribution in [0.1, 0.15) is 17.1 Å². The number of nitrogens with zero attached hydrogens (tertiary/aromatic N) is 2. The second-order valence-corrected chi connectivity index (χ2v) is 3.80. The Morgan fingerprint density at radius 2 is 1.88 bits per heavy atom. The third-order valence-electron chi connectivity index (χ3n) is 2.67. The molecular formula is C12H15N3O. The van der Waals surface area contributed by atoms with E-state index >= 15 is 0 Å². The highest BCUT2D eigenvalue weighted by Crippen LogP contribution is 2.28. The van der Waals surface area contributed by atoms with Gasteiger partial charge in [0.1, 0.15) is 0 Å². The van der Waals surface area contributed by atoms with Crippen molar-refractivity contribution in [2.24, 2.45) is 0 Å². The summed E-state index contributed by atoms with van der Waals surface area (Å²) in [6, 6.07) is 3.89. The van der Waals surface area contributed by atoms with Crippen LogP contribution in [0.4, 0.5) is 0 Å². The molecule has 0 unspecified atom stereocenters. The lowest BCUT2D eigenvalue weighted by Gasteiger charge is -2.07. The predicted octanol–water partition coefficient (Wildman–Crippen LogP) is 2.41. The highest BCUT2D eigenvalue weighted by Gasteiger charge is 2.12. The molecule has 1 N–H and O–H groups in total. The van der Waals surface area contributed by atoms with Gasteiger partial charge in [-0.1, -0.05) is 0 Å². The average molecular weight is 217 g/mol. The molecule has 0 radical (unpaired) electrons. The Morgan fingerprint density at radius 1 is 1.12 bits per heavy atom. The molecular weight excluding hydrogens is 202 g/mol. The SMILES string of the molecule is COc1ccc(-c2c(C)n[nH]c2C)c(C)n1. The van der Waals surface area contributed by atoms with Gasteiger partial charge >= 0.3 is 0 Å². The van der Waals surface area contributed by atoms with Crippen LogP contribution in [0.15, 0.2) is 12.1 Å². The molecule has 84 valence electrons. The minimum absolute atomic E-state index is 0.639. The average Bonchev–Trinajstić information content (AvgIpc) is 2.59. The molecule has 0 aliphatic heterocycles. The van der Waals surface area contributed by atoms with Crippen LogP contribution in [0.3, 0.4) is 0 Å². The standard InChI is InChI=1S/C12H15N3O/c1-7-10(5-6-11(13-7)16-4)12-8(2)14-15-9(12)3/h5-6H,1-4H3,(H,14,15). The first-order valence-electron chi connectivity index (χ1n) is 5.17. The topological polar surface area (TPSA) is 50.8 Å². The van der Waals surface area contributed by atoms with Crippen LogP contribution in [0.25, 0.3) is 11.1 Å². The van der Waals surface area contributed by atoms with Crippen LogP contribution >= 0.6 is 0 Å². The fraction of sp³-hybridized carbons (Fsp3) is 0.333. The molecule has 0 saturated heterocycles. The molecule has 2 aromatic heterocycles. The maximum atomic E-state index is 5.09. The first-order chi connectivity index (χ1) is 7.63. The van der Waals surface area contributed by atoms with E-state index in [1.807, 2.05) is 32.9 Å². The van der Waals surface area contributed by atoms with Gasteiger partial charge in [-0.3, -0.25) is 5.10 Å². The van der Waals surface area contributed by atoms with Crippen molar-refractivity contribution in [1.82, 2.24) is 15.2 Å². The Morgan fingerprint density at radius 3 is 2.38 bits per heavy atom. The van der Waals surface area contributed by atoms with Gasteiger partial charge in [0, 0.05) is 28.6 Å². The van der Waals surface area contributed by atoms with E-state index in [1.54, 1.807) is 7.11 Å². The largest absolute Gasteiger partial charge is 0.481 e. The quantitative estimate of drug-likeness (QED) is 0.840. The van der Waals surface area contributed by atoms with Crippen molar-refractivity contribution in [3.63, 3.8) is 0 Å². The van der Waals surface area contributed by atoms with E-state index in [0.29, 0.717) is 5.88 Å². The van der Waals surface area contributed by atoms with Gasteiger partial charge in [0.25, 0.3) is 0 Å². The molecule has 0 aromatic carbocycles. The number of hydrogen-bond acceptors (Lipinski definition) is 3. The fourth-order valence-corrected chi connectivity index (χ4v) is 1.86. The fourth-order valence-electron chi connectivity index (χ4n) is 1.86. The van der Waals surface area contributed by atoms with E-state index in [9.17, 15) is 0 Å². The van der Waals surface area contributed by atoms with E-state index in [-0.39, 0.29) is 0 Å². The maximum absolute atomic E-state index is 5.09. The van der Waals surface area contributed by atoms with Crippen LogP contribution in [-0.2, 0) is 0 Å². The van der Waals surface area contributed by atoms with E-state index in [2.05, 4.69) is 15.2 Å². The minimum Gasteiger partial charge on any atom is -0.481 e. The summed E-state index contributed by atoms with van der Waals surface area (Å²) in [6.45, 7) is 5.98. The number of methoxy groups -OCH3 is 1. The third kappa shape index (κ3) is 1.66. The molecule has 0 atom stereocenters. The summed E-state index contributed by atoms with van der Waals surface area (Å²) < 4.78 is 5.09. The van der Waals surface area contributed by atoms with E-state index in [0.717, 1.165) is 28.2 Å². The van der Waals surface area contributed by atoms with Crippen LogP contribution in [0.2, 0.25) is 0 Å². The van der Waals surface area contributed by atoms with Crippen LogP contribution < -0.4 is 4.74 Å². The highest BCUT2D eigenvalue weighted by molar-refractivity contribution is 5.70. The summed E-state index contributed by atoms with van der Waals surface area (Å²) >= 11 is 0. The van der Waals surface area contributed by atoms with Gasteiger partial charge in [0.15, 0.2) is 0 Å². The molecule has 16 heavy (non-hydrogen) atoms. The van der Waals surface area contributed by atoms with Gasteiger partial charge in [-0.25, -0.2) is 4.98 Å². The predicted molar refractivity (Wildman–Crippen MR) is 62.6 cm³/mol. The Balaban J connectivity index is 2.57. The Kier molecular flexibility index (Phi) is 2.64. The summed E-state index contributed by atoms with van der Waals surface area (Å²) in [5, 5.41) is 7.17. The number of pyridine rings is 1. The van der Waals surface area contributed by atoms with Gasteiger partial charge in [0.2, 0.25) is 5.88 Å². The number of aryl methyl sites for hydroxylation is 3. The summed E-state index contributed by atoms with van der Waals surface area (Å²) in [4.78, 5) is 4.37. The zero-order chi connectivity index (χ0) is 11.7. The van der Waals surface area contributed by atoms with Crippen LogP contribution in [0.5, 0.6) is 5.88 Å². The minimum atomic E-state index is 0.639. The monoisotopic (exact) mass is 217 g/mol. The molecule has 0 fully saturated rings. The molecule has 0 amide bonds. The summed E-state index contributed by atoms with van der Waals surface area (Å²) in [5.74, 6) is 0.639. The van der Waals surface area contributed by atoms with E-state index < -0.39 is 0 Å². The van der Waals surface area contributed by atoms with Crippen molar-refractivity contribution in [3.8, 4) is 17.0 Å². The second kappa shape index (κ2) is 3.96. The molecule has 0 aliphatic carbocycles. The molecule has 4 nitrogen and oxygen atoms in total. The lowest BCUT2D eigenvalue weighted by atomic mass is 10.0. The van der Waals surface area contributed by atoms with Crippen LogP contribution in [0, 0.1) is 20.8 Å². The van der Waals surface area contributed by atoms with E-state index in [4.69, 9.17) is 4.74 Å². The molecule has 0 saturated carbocycles. The highest BCUT2D eigenvalue weighted by atomic mass is 16.5. The first-order valence-corrected chi connectivity index (χ1v) is 5.17. The van der Waals surface area contributed by atoms with Crippen LogP contribution in [-0.4, -0.2) is 22.3 Å². The molecule has 0 bridgehead atoms. The van der Waals surface area contributed by atoms with Crippen molar-refractivity contribution in [3.05, 3.63) is 29.2 Å². The van der Waals surface area contributed by atoms with E-state index in [1.165, 1.54) is 0 Å². The van der Waals surface area contributed by atoms with Gasteiger partial charge in [-0.15, -0.1) is 0 Å². The third-order valence-corrected chi connectivity index (χ3v) is 2.67. The molecule has 0 aliphatic rings. The van der Waals surface area contributed by atoms with Crippen molar-refractivity contribution in [2.45, 2.75) is 20.8 Å². The smallest absolute Gasteiger partial charge is 0.213 e. The number of hydrogen-bond donors (Lipinski definition) is 1.